The number of carbonyl (C=O) groups excluding carboxylic acids is 1. The van der Waals surface area contributed by atoms with Gasteiger partial charge in [0, 0.05) is 32.2 Å². The molecule has 0 aliphatic heterocycles. The van der Waals surface area contributed by atoms with Crippen LogP contribution in [-0.2, 0) is 9.53 Å². The molecular weight excluding hydrogens is 280 g/mol. The fraction of sp³-hybridized carbons (Fsp3) is 0.875. The van der Waals surface area contributed by atoms with Gasteiger partial charge in [-0.05, 0) is 26.7 Å². The molecule has 0 spiro atoms. The van der Waals surface area contributed by atoms with Gasteiger partial charge < -0.3 is 20.7 Å². The number of hydrogen-bond donors (Lipinski definition) is 3. The average molecular weight is 312 g/mol. The van der Waals surface area contributed by atoms with Crippen LogP contribution in [0.5, 0.6) is 0 Å². The van der Waals surface area contributed by atoms with E-state index in [0.717, 1.165) is 25.3 Å². The number of aliphatic imine (C=N–C) groups is 1. The highest BCUT2D eigenvalue weighted by Gasteiger charge is 2.15. The smallest absolute Gasteiger partial charge is 0.222 e. The normalized spacial score (nSPS) is 17.9. The lowest BCUT2D eigenvalue weighted by atomic mass is 9.95. The minimum absolute atomic E-state index is 0.108. The molecule has 1 amide bonds. The van der Waals surface area contributed by atoms with E-state index in [4.69, 9.17) is 4.74 Å². The molecule has 0 aromatic rings. The summed E-state index contributed by atoms with van der Waals surface area (Å²) in [6.45, 7) is 5.96. The second-order valence-electron chi connectivity index (χ2n) is 5.91. The first-order chi connectivity index (χ1) is 10.7. The Balaban J connectivity index is 2.30. The summed E-state index contributed by atoms with van der Waals surface area (Å²) >= 11 is 0. The first-order valence-corrected chi connectivity index (χ1v) is 8.48. The van der Waals surface area contributed by atoms with Crippen molar-refractivity contribution in [1.82, 2.24) is 16.0 Å². The molecule has 22 heavy (non-hydrogen) atoms. The number of methoxy groups -OCH3 is 1. The van der Waals surface area contributed by atoms with Crippen LogP contribution in [0.15, 0.2) is 4.99 Å². The molecule has 1 aliphatic carbocycles. The van der Waals surface area contributed by atoms with Gasteiger partial charge in [-0.3, -0.25) is 9.79 Å². The zero-order valence-electron chi connectivity index (χ0n) is 14.3. The van der Waals surface area contributed by atoms with Crippen molar-refractivity contribution in [3.63, 3.8) is 0 Å². The number of nitrogens with one attached hydrogen (secondary N) is 3. The Hall–Kier alpha value is -1.30. The maximum Gasteiger partial charge on any atom is 0.222 e. The maximum absolute atomic E-state index is 11.9. The van der Waals surface area contributed by atoms with Gasteiger partial charge in [-0.1, -0.05) is 19.3 Å². The van der Waals surface area contributed by atoms with Crippen molar-refractivity contribution in [2.24, 2.45) is 4.99 Å². The first kappa shape index (κ1) is 18.7. The quantitative estimate of drug-likeness (QED) is 0.468. The van der Waals surface area contributed by atoms with Crippen molar-refractivity contribution < 1.29 is 9.53 Å². The van der Waals surface area contributed by atoms with Crippen LogP contribution in [0.1, 0.15) is 52.4 Å². The summed E-state index contributed by atoms with van der Waals surface area (Å²) in [5, 5.41) is 9.55. The van der Waals surface area contributed by atoms with Gasteiger partial charge in [-0.25, -0.2) is 0 Å². The molecule has 0 heterocycles. The standard InChI is InChI=1S/C16H32N4O2/c1-4-17-16(19-13(2)12-22-3)18-11-10-15(21)20-14-8-6-5-7-9-14/h13-14H,4-12H2,1-3H3,(H,20,21)(H2,17,18,19). The molecule has 6 nitrogen and oxygen atoms in total. The molecule has 1 atom stereocenters. The van der Waals surface area contributed by atoms with Crippen LogP contribution in [-0.4, -0.2) is 50.8 Å². The monoisotopic (exact) mass is 312 g/mol. The van der Waals surface area contributed by atoms with Crippen LogP contribution >= 0.6 is 0 Å². The van der Waals surface area contributed by atoms with E-state index >= 15 is 0 Å². The number of rotatable bonds is 8. The minimum Gasteiger partial charge on any atom is -0.383 e. The summed E-state index contributed by atoms with van der Waals surface area (Å²) in [7, 11) is 1.68. The Bertz CT molecular complexity index is 341. The Morgan fingerprint density at radius 2 is 2.05 bits per heavy atom. The maximum atomic E-state index is 11.9. The van der Waals surface area contributed by atoms with Gasteiger partial charge in [-0.15, -0.1) is 0 Å². The van der Waals surface area contributed by atoms with Crippen molar-refractivity contribution in [3.05, 3.63) is 0 Å². The van der Waals surface area contributed by atoms with Crippen molar-refractivity contribution in [2.45, 2.75) is 64.5 Å². The number of ether oxygens (including phenoxy) is 1. The van der Waals surface area contributed by atoms with E-state index in [-0.39, 0.29) is 11.9 Å². The second kappa shape index (κ2) is 11.3. The highest BCUT2D eigenvalue weighted by Crippen LogP contribution is 2.17. The third kappa shape index (κ3) is 8.22. The molecule has 0 saturated heterocycles. The molecule has 1 aliphatic rings. The predicted octanol–water partition coefficient (Wildman–Crippen LogP) is 1.42. The van der Waals surface area contributed by atoms with Gasteiger partial charge in [-0.2, -0.15) is 0 Å². The summed E-state index contributed by atoms with van der Waals surface area (Å²) < 4.78 is 5.10. The summed E-state index contributed by atoms with van der Waals surface area (Å²) in [5.74, 6) is 0.842. The lowest BCUT2D eigenvalue weighted by Crippen LogP contribution is -2.44. The van der Waals surface area contributed by atoms with E-state index in [1.54, 1.807) is 7.11 Å². The summed E-state index contributed by atoms with van der Waals surface area (Å²) in [5.41, 5.74) is 0. The van der Waals surface area contributed by atoms with Crippen molar-refractivity contribution >= 4 is 11.9 Å². The topological polar surface area (TPSA) is 74.8 Å². The lowest BCUT2D eigenvalue weighted by molar-refractivity contribution is -0.121. The fourth-order valence-corrected chi connectivity index (χ4v) is 2.66. The SMILES string of the molecule is CCNC(=NCCC(=O)NC1CCCCC1)NC(C)COC. The Kier molecular flexibility index (Phi) is 9.62. The number of guanidine groups is 1. The average Bonchev–Trinajstić information content (AvgIpc) is 2.48. The lowest BCUT2D eigenvalue weighted by Gasteiger charge is -2.22. The summed E-state index contributed by atoms with van der Waals surface area (Å²) in [6, 6.07) is 0.553. The molecular formula is C16H32N4O2. The fourth-order valence-electron chi connectivity index (χ4n) is 2.66. The van der Waals surface area contributed by atoms with E-state index in [1.807, 2.05) is 13.8 Å². The molecule has 1 unspecified atom stereocenters. The zero-order chi connectivity index (χ0) is 16.2. The molecule has 0 bridgehead atoms. The molecule has 0 aromatic carbocycles. The minimum atomic E-state index is 0.108. The van der Waals surface area contributed by atoms with E-state index in [0.29, 0.717) is 25.6 Å². The number of nitrogens with zero attached hydrogens (tertiary/aromatic N) is 1. The number of carbonyl (C=O) groups is 1. The van der Waals surface area contributed by atoms with Gasteiger partial charge in [0.15, 0.2) is 5.96 Å². The Morgan fingerprint density at radius 3 is 2.68 bits per heavy atom. The van der Waals surface area contributed by atoms with Crippen LogP contribution in [0, 0.1) is 0 Å². The molecule has 1 fully saturated rings. The highest BCUT2D eigenvalue weighted by molar-refractivity contribution is 5.81. The van der Waals surface area contributed by atoms with E-state index in [1.165, 1.54) is 19.3 Å². The van der Waals surface area contributed by atoms with Crippen molar-refractivity contribution in [3.8, 4) is 0 Å². The summed E-state index contributed by atoms with van der Waals surface area (Å²) in [4.78, 5) is 16.4. The third-order valence-electron chi connectivity index (χ3n) is 3.72. The highest BCUT2D eigenvalue weighted by atomic mass is 16.5. The summed E-state index contributed by atoms with van der Waals surface area (Å²) in [6.07, 6.45) is 6.44. The van der Waals surface area contributed by atoms with Crippen LogP contribution < -0.4 is 16.0 Å². The first-order valence-electron chi connectivity index (χ1n) is 8.48. The van der Waals surface area contributed by atoms with Crippen LogP contribution in [0.3, 0.4) is 0 Å². The van der Waals surface area contributed by atoms with Gasteiger partial charge in [0.2, 0.25) is 5.91 Å². The van der Waals surface area contributed by atoms with Gasteiger partial charge in [0.05, 0.1) is 13.2 Å². The van der Waals surface area contributed by atoms with Crippen LogP contribution in [0.4, 0.5) is 0 Å². The largest absolute Gasteiger partial charge is 0.383 e. The molecule has 1 saturated carbocycles. The van der Waals surface area contributed by atoms with Gasteiger partial charge in [0.25, 0.3) is 0 Å². The Labute approximate surface area is 134 Å². The van der Waals surface area contributed by atoms with Gasteiger partial charge >= 0.3 is 0 Å². The third-order valence-corrected chi connectivity index (χ3v) is 3.72. The number of amides is 1. The van der Waals surface area contributed by atoms with E-state index in [2.05, 4.69) is 20.9 Å². The zero-order valence-corrected chi connectivity index (χ0v) is 14.3. The van der Waals surface area contributed by atoms with Crippen molar-refractivity contribution in [2.75, 3.05) is 26.8 Å². The van der Waals surface area contributed by atoms with Crippen molar-refractivity contribution in [1.29, 1.82) is 0 Å². The van der Waals surface area contributed by atoms with E-state index < -0.39 is 0 Å². The number of hydrogen-bond acceptors (Lipinski definition) is 3. The molecule has 1 rings (SSSR count). The van der Waals surface area contributed by atoms with Crippen LogP contribution in [0.2, 0.25) is 0 Å². The Morgan fingerprint density at radius 1 is 1.32 bits per heavy atom. The molecule has 6 heteroatoms. The van der Waals surface area contributed by atoms with Gasteiger partial charge in [0.1, 0.15) is 0 Å². The van der Waals surface area contributed by atoms with Crippen LogP contribution in [0.25, 0.3) is 0 Å². The molecule has 3 N–H and O–H groups in total. The molecule has 128 valence electrons. The molecule has 0 aromatic heterocycles. The second-order valence-corrected chi connectivity index (χ2v) is 5.91. The van der Waals surface area contributed by atoms with E-state index in [9.17, 15) is 4.79 Å². The molecule has 0 radical (unpaired) electrons. The predicted molar refractivity (Wildman–Crippen MR) is 90.1 cm³/mol.